The van der Waals surface area contributed by atoms with Crippen molar-refractivity contribution in [1.29, 1.82) is 0 Å². The number of piperidine rings is 1. The molecule has 0 saturated carbocycles. The van der Waals surface area contributed by atoms with Gasteiger partial charge in [0, 0.05) is 31.3 Å². The second kappa shape index (κ2) is 12.4. The lowest BCUT2D eigenvalue weighted by molar-refractivity contribution is 0.0525. The molecule has 1 N–H and O–H groups in total. The fourth-order valence-electron chi connectivity index (χ4n) is 6.90. The minimum atomic E-state index is -0.374. The molecule has 1 atom stereocenters. The molecule has 1 unspecified atom stereocenters. The number of pyridine rings is 1. The molecule has 0 amide bonds. The molecule has 0 spiro atoms. The Hall–Kier alpha value is -4.99. The summed E-state index contributed by atoms with van der Waals surface area (Å²) >= 11 is 0. The number of rotatable bonds is 8. The monoisotopic (exact) mass is 617 g/mol. The Kier molecular flexibility index (Phi) is 8.02. The minimum absolute atomic E-state index is 0.171. The van der Waals surface area contributed by atoms with E-state index in [0.29, 0.717) is 41.5 Å². The van der Waals surface area contributed by atoms with Crippen LogP contribution in [-0.2, 0) is 11.2 Å². The Bertz CT molecular complexity index is 1890. The van der Waals surface area contributed by atoms with Gasteiger partial charge in [-0.15, -0.1) is 5.10 Å². The van der Waals surface area contributed by atoms with E-state index < -0.39 is 0 Å². The molecule has 10 heteroatoms. The van der Waals surface area contributed by atoms with Gasteiger partial charge in [0.15, 0.2) is 5.82 Å². The van der Waals surface area contributed by atoms with Gasteiger partial charge in [-0.1, -0.05) is 41.5 Å². The second-order valence-corrected chi connectivity index (χ2v) is 12.2. The molecule has 7 rings (SSSR count). The van der Waals surface area contributed by atoms with Crippen molar-refractivity contribution in [3.05, 3.63) is 100 Å². The Morgan fingerprint density at radius 3 is 2.61 bits per heavy atom. The smallest absolute Gasteiger partial charge is 0.341 e. The molecule has 236 valence electrons. The molecule has 3 aromatic heterocycles. The van der Waals surface area contributed by atoms with Crippen LogP contribution in [0.15, 0.2) is 65.2 Å². The van der Waals surface area contributed by atoms with Gasteiger partial charge in [-0.3, -0.25) is 0 Å². The number of benzene rings is 2. The van der Waals surface area contributed by atoms with Gasteiger partial charge in [-0.25, -0.2) is 14.5 Å². The number of anilines is 2. The number of ether oxygens (including phenoxy) is 1. The Labute approximate surface area is 268 Å². The highest BCUT2D eigenvalue weighted by atomic mass is 16.5. The Balaban J connectivity index is 1.09. The van der Waals surface area contributed by atoms with Crippen molar-refractivity contribution in [3.8, 4) is 17.1 Å². The van der Waals surface area contributed by atoms with Crippen LogP contribution < -0.4 is 10.2 Å². The molecular weight excluding hydrogens is 578 g/mol. The van der Waals surface area contributed by atoms with E-state index in [4.69, 9.17) is 14.1 Å². The Morgan fingerprint density at radius 1 is 1.02 bits per heavy atom. The molecule has 1 aliphatic carbocycles. The summed E-state index contributed by atoms with van der Waals surface area (Å²) in [5, 5.41) is 16.5. The molecule has 10 nitrogen and oxygen atoms in total. The Morgan fingerprint density at radius 2 is 1.85 bits per heavy atom. The summed E-state index contributed by atoms with van der Waals surface area (Å²) in [6.07, 6.45) is 5.69. The van der Waals surface area contributed by atoms with Crippen molar-refractivity contribution in [2.45, 2.75) is 65.3 Å². The largest absolute Gasteiger partial charge is 0.462 e. The molecule has 0 bridgehead atoms. The summed E-state index contributed by atoms with van der Waals surface area (Å²) in [6.45, 7) is 9.83. The maximum Gasteiger partial charge on any atom is 0.341 e. The number of carbonyl (C=O) groups is 1. The van der Waals surface area contributed by atoms with Crippen molar-refractivity contribution in [1.82, 2.24) is 25.0 Å². The van der Waals surface area contributed by atoms with Crippen LogP contribution >= 0.6 is 0 Å². The number of nitrogens with zero attached hydrogens (tertiary/aromatic N) is 6. The lowest BCUT2D eigenvalue weighted by atomic mass is 9.88. The SMILES string of the molecule is CCOC(=O)c1cnn(-c2cccc(-c3cccc4c3C(Nc3ccc(C5CCN(c6nnc(C)o6)CC5)cc3C)CC4)n2)c1C. The topological polar surface area (TPSA) is 111 Å². The van der Waals surface area contributed by atoms with Gasteiger partial charge < -0.3 is 19.4 Å². The van der Waals surface area contributed by atoms with Crippen LogP contribution in [0.3, 0.4) is 0 Å². The number of hydrogen-bond acceptors (Lipinski definition) is 9. The number of aromatic nitrogens is 5. The maximum absolute atomic E-state index is 12.4. The first-order chi connectivity index (χ1) is 22.4. The third kappa shape index (κ3) is 5.63. The van der Waals surface area contributed by atoms with E-state index in [2.05, 4.69) is 68.8 Å². The van der Waals surface area contributed by atoms with Gasteiger partial charge in [0.25, 0.3) is 0 Å². The molecular formula is C36H39N7O3. The first-order valence-corrected chi connectivity index (χ1v) is 16.1. The summed E-state index contributed by atoms with van der Waals surface area (Å²) in [5.41, 5.74) is 9.59. The van der Waals surface area contributed by atoms with Crippen LogP contribution in [0.4, 0.5) is 11.7 Å². The predicted molar refractivity (Wildman–Crippen MR) is 177 cm³/mol. The van der Waals surface area contributed by atoms with E-state index >= 15 is 0 Å². The first-order valence-electron chi connectivity index (χ1n) is 16.1. The lowest BCUT2D eigenvalue weighted by Gasteiger charge is -2.31. The van der Waals surface area contributed by atoms with Crippen molar-refractivity contribution in [2.24, 2.45) is 0 Å². The second-order valence-electron chi connectivity index (χ2n) is 12.2. The van der Waals surface area contributed by atoms with Crippen LogP contribution in [0.5, 0.6) is 0 Å². The van der Waals surface area contributed by atoms with E-state index in [1.54, 1.807) is 17.8 Å². The molecule has 2 aromatic carbocycles. The summed E-state index contributed by atoms with van der Waals surface area (Å²) in [7, 11) is 0. The number of aryl methyl sites for hydroxylation is 3. The quantitative estimate of drug-likeness (QED) is 0.186. The fourth-order valence-corrected chi connectivity index (χ4v) is 6.90. The third-order valence-electron chi connectivity index (χ3n) is 9.31. The maximum atomic E-state index is 12.4. The standard InChI is InChI=1S/C36H39N7O3/c1-5-45-35(44)29-21-37-43(23(29)3)33-11-7-10-31(39-33)28-9-6-8-26-12-15-32(34(26)28)38-30-14-13-27(20-22(30)2)25-16-18-42(19-17-25)36-41-40-24(4)46-36/h6-11,13-14,20-21,25,32,38H,5,12,15-19H2,1-4H3. The van der Waals surface area contributed by atoms with E-state index in [1.807, 2.05) is 32.0 Å². The zero-order valence-corrected chi connectivity index (χ0v) is 26.8. The lowest BCUT2D eigenvalue weighted by Crippen LogP contribution is -2.33. The van der Waals surface area contributed by atoms with Gasteiger partial charge >= 0.3 is 12.0 Å². The highest BCUT2D eigenvalue weighted by Gasteiger charge is 2.28. The molecule has 1 aliphatic heterocycles. The fraction of sp³-hybridized carbons (Fsp3) is 0.361. The van der Waals surface area contributed by atoms with Gasteiger partial charge in [0.1, 0.15) is 5.56 Å². The number of hydrogen-bond donors (Lipinski definition) is 1. The van der Waals surface area contributed by atoms with Crippen LogP contribution in [0, 0.1) is 20.8 Å². The zero-order chi connectivity index (χ0) is 31.8. The number of esters is 1. The van der Waals surface area contributed by atoms with Crippen molar-refractivity contribution in [3.63, 3.8) is 0 Å². The summed E-state index contributed by atoms with van der Waals surface area (Å²) in [5.74, 6) is 1.40. The zero-order valence-electron chi connectivity index (χ0n) is 26.8. The number of fused-ring (bicyclic) bond motifs is 1. The van der Waals surface area contributed by atoms with Gasteiger partial charge in [-0.05, 0) is 92.8 Å². The average molecular weight is 618 g/mol. The molecule has 5 aromatic rings. The molecule has 46 heavy (non-hydrogen) atoms. The van der Waals surface area contributed by atoms with Crippen LogP contribution in [0.25, 0.3) is 17.1 Å². The number of carbonyl (C=O) groups excluding carboxylic acids is 1. The molecule has 0 radical (unpaired) electrons. The van der Waals surface area contributed by atoms with Crippen LogP contribution in [0.2, 0.25) is 0 Å². The van der Waals surface area contributed by atoms with Crippen LogP contribution in [-0.4, -0.2) is 50.6 Å². The average Bonchev–Trinajstić information content (AvgIpc) is 3.80. The third-order valence-corrected chi connectivity index (χ3v) is 9.31. The molecule has 2 aliphatic rings. The first kappa shape index (κ1) is 29.7. The minimum Gasteiger partial charge on any atom is -0.462 e. The number of nitrogens with one attached hydrogen (secondary N) is 1. The van der Waals surface area contributed by atoms with Crippen LogP contribution in [0.1, 0.15) is 82.3 Å². The van der Waals surface area contributed by atoms with Crippen molar-refractivity contribution >= 4 is 17.7 Å². The van der Waals surface area contributed by atoms with E-state index in [0.717, 1.165) is 55.7 Å². The van der Waals surface area contributed by atoms with E-state index in [-0.39, 0.29) is 12.0 Å². The van der Waals surface area contributed by atoms with E-state index in [1.165, 1.54) is 22.3 Å². The van der Waals surface area contributed by atoms with E-state index in [9.17, 15) is 4.79 Å². The van der Waals surface area contributed by atoms with Crippen molar-refractivity contribution in [2.75, 3.05) is 29.9 Å². The molecule has 4 heterocycles. The van der Waals surface area contributed by atoms with Gasteiger partial charge in [0.05, 0.1) is 30.2 Å². The summed E-state index contributed by atoms with van der Waals surface area (Å²) in [6, 6.07) is 20.1. The normalized spacial score (nSPS) is 16.4. The van der Waals surface area contributed by atoms with Gasteiger partial charge in [0.2, 0.25) is 5.89 Å². The predicted octanol–water partition coefficient (Wildman–Crippen LogP) is 6.90. The highest BCUT2D eigenvalue weighted by molar-refractivity contribution is 5.90. The molecule has 1 saturated heterocycles. The highest BCUT2D eigenvalue weighted by Crippen LogP contribution is 2.41. The van der Waals surface area contributed by atoms with Crippen molar-refractivity contribution < 1.29 is 13.9 Å². The summed E-state index contributed by atoms with van der Waals surface area (Å²) < 4.78 is 12.5. The summed E-state index contributed by atoms with van der Waals surface area (Å²) in [4.78, 5) is 19.6. The molecule has 1 fully saturated rings. The van der Waals surface area contributed by atoms with Gasteiger partial charge in [-0.2, -0.15) is 5.10 Å².